The Morgan fingerprint density at radius 1 is 0.947 bits per heavy atom. The number of nitrogens with zero attached hydrogens (tertiary/aromatic N) is 1. The van der Waals surface area contributed by atoms with Gasteiger partial charge in [-0.25, -0.2) is 0 Å². The zero-order chi connectivity index (χ0) is 13.9. The highest BCUT2D eigenvalue weighted by Gasteiger charge is 2.29. The van der Waals surface area contributed by atoms with E-state index in [9.17, 15) is 13.2 Å². The Balaban J connectivity index is 2.41. The normalized spacial score (nSPS) is 11.1. The van der Waals surface area contributed by atoms with Gasteiger partial charge >= 0.3 is 6.18 Å². The minimum Gasteiger partial charge on any atom is -0.198 e. The lowest BCUT2D eigenvalue weighted by atomic mass is 9.97. The van der Waals surface area contributed by atoms with E-state index >= 15 is 0 Å². The summed E-state index contributed by atoms with van der Waals surface area (Å²) in [6, 6.07) is 14.2. The van der Waals surface area contributed by atoms with Gasteiger partial charge in [-0.2, -0.15) is 18.4 Å². The molecule has 0 fully saturated rings. The van der Waals surface area contributed by atoms with Crippen LogP contribution in [0.5, 0.6) is 0 Å². The van der Waals surface area contributed by atoms with Gasteiger partial charge in [-0.05, 0) is 28.8 Å². The molecular formula is C15H10F3N. The number of alkyl halides is 3. The van der Waals surface area contributed by atoms with Gasteiger partial charge in [0, 0.05) is 0 Å². The summed E-state index contributed by atoms with van der Waals surface area (Å²) in [7, 11) is 0. The van der Waals surface area contributed by atoms with E-state index in [0.29, 0.717) is 5.56 Å². The molecule has 0 unspecified atom stereocenters. The predicted octanol–water partition coefficient (Wildman–Crippen LogP) is 4.44. The summed E-state index contributed by atoms with van der Waals surface area (Å²) in [6.07, 6.45) is -4.10. The maximum absolute atomic E-state index is 12.5. The van der Waals surface area contributed by atoms with E-state index in [1.54, 1.807) is 24.3 Å². The second kappa shape index (κ2) is 5.15. The third-order valence-corrected chi connectivity index (χ3v) is 2.81. The summed E-state index contributed by atoms with van der Waals surface area (Å²) in [5.74, 6) is 0. The maximum Gasteiger partial charge on any atom is 0.416 e. The van der Waals surface area contributed by atoms with Crippen LogP contribution in [0.4, 0.5) is 13.2 Å². The second-order valence-corrected chi connectivity index (χ2v) is 4.07. The molecular weight excluding hydrogens is 251 g/mol. The minimum absolute atomic E-state index is 0.233. The van der Waals surface area contributed by atoms with E-state index in [-0.39, 0.29) is 6.42 Å². The van der Waals surface area contributed by atoms with Crippen molar-refractivity contribution >= 4 is 0 Å². The van der Waals surface area contributed by atoms with Crippen molar-refractivity contribution in [1.82, 2.24) is 0 Å². The van der Waals surface area contributed by atoms with Crippen LogP contribution in [0, 0.1) is 11.3 Å². The Kier molecular flexibility index (Phi) is 3.57. The van der Waals surface area contributed by atoms with Gasteiger partial charge in [-0.3, -0.25) is 0 Å². The number of nitriles is 1. The zero-order valence-corrected chi connectivity index (χ0v) is 9.91. The Morgan fingerprint density at radius 3 is 2.16 bits per heavy atom. The SMILES string of the molecule is N#CCc1ccccc1-c1ccc(C(F)(F)F)cc1. The first-order valence-electron chi connectivity index (χ1n) is 5.65. The van der Waals surface area contributed by atoms with Crippen LogP contribution in [0.2, 0.25) is 0 Å². The Hall–Kier alpha value is -2.28. The lowest BCUT2D eigenvalue weighted by molar-refractivity contribution is -0.137. The molecule has 0 aliphatic heterocycles. The fourth-order valence-electron chi connectivity index (χ4n) is 1.88. The molecule has 0 heterocycles. The highest BCUT2D eigenvalue weighted by Crippen LogP contribution is 2.31. The molecule has 0 atom stereocenters. The summed E-state index contributed by atoms with van der Waals surface area (Å²) in [4.78, 5) is 0. The van der Waals surface area contributed by atoms with Crippen molar-refractivity contribution in [2.45, 2.75) is 12.6 Å². The quantitative estimate of drug-likeness (QED) is 0.784. The molecule has 2 aromatic carbocycles. The lowest BCUT2D eigenvalue weighted by Crippen LogP contribution is -2.04. The van der Waals surface area contributed by atoms with E-state index in [0.717, 1.165) is 23.3 Å². The predicted molar refractivity (Wildman–Crippen MR) is 66.2 cm³/mol. The molecule has 0 saturated heterocycles. The van der Waals surface area contributed by atoms with Gasteiger partial charge in [0.25, 0.3) is 0 Å². The average molecular weight is 261 g/mol. The molecule has 0 aromatic heterocycles. The number of benzene rings is 2. The van der Waals surface area contributed by atoms with Crippen LogP contribution in [-0.4, -0.2) is 0 Å². The topological polar surface area (TPSA) is 23.8 Å². The van der Waals surface area contributed by atoms with Gasteiger partial charge in [0.2, 0.25) is 0 Å². The molecule has 0 bridgehead atoms. The van der Waals surface area contributed by atoms with Crippen LogP contribution in [0.15, 0.2) is 48.5 Å². The van der Waals surface area contributed by atoms with Gasteiger partial charge in [0.05, 0.1) is 18.1 Å². The molecule has 0 radical (unpaired) electrons. The molecule has 4 heteroatoms. The number of hydrogen-bond acceptors (Lipinski definition) is 1. The molecule has 19 heavy (non-hydrogen) atoms. The third kappa shape index (κ3) is 2.94. The van der Waals surface area contributed by atoms with Crippen LogP contribution >= 0.6 is 0 Å². The van der Waals surface area contributed by atoms with E-state index in [4.69, 9.17) is 5.26 Å². The highest BCUT2D eigenvalue weighted by atomic mass is 19.4. The monoisotopic (exact) mass is 261 g/mol. The molecule has 0 amide bonds. The molecule has 2 aromatic rings. The summed E-state index contributed by atoms with van der Waals surface area (Å²) >= 11 is 0. The lowest BCUT2D eigenvalue weighted by Gasteiger charge is -2.10. The Morgan fingerprint density at radius 2 is 1.58 bits per heavy atom. The maximum atomic E-state index is 12.5. The van der Waals surface area contributed by atoms with Crippen molar-refractivity contribution in [2.75, 3.05) is 0 Å². The zero-order valence-electron chi connectivity index (χ0n) is 9.91. The van der Waals surface area contributed by atoms with E-state index in [1.807, 2.05) is 6.07 Å². The molecule has 0 saturated carbocycles. The van der Waals surface area contributed by atoms with Crippen molar-refractivity contribution < 1.29 is 13.2 Å². The van der Waals surface area contributed by atoms with Crippen LogP contribution in [-0.2, 0) is 12.6 Å². The largest absolute Gasteiger partial charge is 0.416 e. The number of rotatable bonds is 2. The first-order valence-corrected chi connectivity index (χ1v) is 5.65. The summed E-state index contributed by atoms with van der Waals surface area (Å²) < 4.78 is 37.4. The van der Waals surface area contributed by atoms with Crippen molar-refractivity contribution in [3.8, 4) is 17.2 Å². The fourth-order valence-corrected chi connectivity index (χ4v) is 1.88. The van der Waals surface area contributed by atoms with Crippen molar-refractivity contribution in [3.05, 3.63) is 59.7 Å². The van der Waals surface area contributed by atoms with E-state index < -0.39 is 11.7 Å². The smallest absolute Gasteiger partial charge is 0.198 e. The van der Waals surface area contributed by atoms with Crippen LogP contribution in [0.1, 0.15) is 11.1 Å². The van der Waals surface area contributed by atoms with E-state index in [2.05, 4.69) is 0 Å². The van der Waals surface area contributed by atoms with Gasteiger partial charge in [-0.1, -0.05) is 36.4 Å². The molecule has 0 spiro atoms. The van der Waals surface area contributed by atoms with Gasteiger partial charge < -0.3 is 0 Å². The first kappa shape index (κ1) is 13.2. The first-order chi connectivity index (χ1) is 9.02. The molecule has 0 aliphatic rings. The minimum atomic E-state index is -4.33. The summed E-state index contributed by atoms with van der Waals surface area (Å²) in [6.45, 7) is 0. The molecule has 2 rings (SSSR count). The summed E-state index contributed by atoms with van der Waals surface area (Å²) in [5, 5.41) is 8.74. The third-order valence-electron chi connectivity index (χ3n) is 2.81. The van der Waals surface area contributed by atoms with Crippen LogP contribution < -0.4 is 0 Å². The van der Waals surface area contributed by atoms with Gasteiger partial charge in [-0.15, -0.1) is 0 Å². The van der Waals surface area contributed by atoms with Crippen LogP contribution in [0.25, 0.3) is 11.1 Å². The Bertz CT molecular complexity index is 607. The Labute approximate surface area is 108 Å². The highest BCUT2D eigenvalue weighted by molar-refractivity contribution is 5.68. The van der Waals surface area contributed by atoms with E-state index in [1.165, 1.54) is 12.1 Å². The van der Waals surface area contributed by atoms with Gasteiger partial charge in [0.15, 0.2) is 0 Å². The van der Waals surface area contributed by atoms with Crippen molar-refractivity contribution in [3.63, 3.8) is 0 Å². The van der Waals surface area contributed by atoms with Crippen molar-refractivity contribution in [1.29, 1.82) is 5.26 Å². The second-order valence-electron chi connectivity index (χ2n) is 4.07. The van der Waals surface area contributed by atoms with Crippen molar-refractivity contribution in [2.24, 2.45) is 0 Å². The fraction of sp³-hybridized carbons (Fsp3) is 0.133. The molecule has 96 valence electrons. The number of halogens is 3. The molecule has 0 N–H and O–H groups in total. The summed E-state index contributed by atoms with van der Waals surface area (Å²) in [5.41, 5.74) is 1.61. The average Bonchev–Trinajstić information content (AvgIpc) is 2.39. The van der Waals surface area contributed by atoms with Gasteiger partial charge in [0.1, 0.15) is 0 Å². The molecule has 1 nitrogen and oxygen atoms in total. The van der Waals surface area contributed by atoms with Crippen LogP contribution in [0.3, 0.4) is 0 Å². The number of hydrogen-bond donors (Lipinski definition) is 0. The standard InChI is InChI=1S/C15H10F3N/c16-15(17,18)13-7-5-12(6-8-13)14-4-2-1-3-11(14)9-10-19/h1-8H,9H2. The molecule has 0 aliphatic carbocycles.